The summed E-state index contributed by atoms with van der Waals surface area (Å²) in [4.78, 5) is 31.0. The van der Waals surface area contributed by atoms with Gasteiger partial charge in [-0.1, -0.05) is 36.0 Å². The Morgan fingerprint density at radius 1 is 1.09 bits per heavy atom. The number of imidazole rings is 1. The predicted octanol–water partition coefficient (Wildman–Crippen LogP) is 4.21. The van der Waals surface area contributed by atoms with Crippen LogP contribution in [-0.2, 0) is 11.2 Å². The molecule has 1 atom stereocenters. The Morgan fingerprint density at radius 2 is 1.91 bits per heavy atom. The molecule has 3 N–H and O–H groups in total. The van der Waals surface area contributed by atoms with Gasteiger partial charge in [0.1, 0.15) is 5.82 Å². The van der Waals surface area contributed by atoms with Crippen LogP contribution in [0.4, 0.5) is 5.69 Å². The van der Waals surface area contributed by atoms with Crippen LogP contribution in [0.15, 0.2) is 76.0 Å². The van der Waals surface area contributed by atoms with Gasteiger partial charge in [0.25, 0.3) is 0 Å². The van der Waals surface area contributed by atoms with Crippen molar-refractivity contribution in [2.24, 2.45) is 0 Å². The second kappa shape index (κ2) is 9.08. The Balaban J connectivity index is 1.37. The molecule has 0 spiro atoms. The lowest BCUT2D eigenvalue weighted by Crippen LogP contribution is -2.23. The average Bonchev–Trinajstić information content (AvgIpc) is 3.54. The number of anilines is 1. The summed E-state index contributed by atoms with van der Waals surface area (Å²) >= 11 is 3.03. The van der Waals surface area contributed by atoms with Gasteiger partial charge in [0.05, 0.1) is 16.3 Å². The number of nitrogens with one attached hydrogen (secondary N) is 3. The van der Waals surface area contributed by atoms with Crippen molar-refractivity contribution in [3.63, 3.8) is 0 Å². The summed E-state index contributed by atoms with van der Waals surface area (Å²) in [6, 6.07) is 19.2. The lowest BCUT2D eigenvalue weighted by molar-refractivity contribution is -0.115. The Morgan fingerprint density at radius 3 is 2.70 bits per heavy atom. The fraction of sp³-hybridized carbons (Fsp3) is 0.130. The number of thiophene rings is 1. The summed E-state index contributed by atoms with van der Waals surface area (Å²) in [6.45, 7) is 1.83. The average molecular weight is 477 g/mol. The zero-order valence-corrected chi connectivity index (χ0v) is 19.2. The summed E-state index contributed by atoms with van der Waals surface area (Å²) in [5.74, 6) is 0.653. The van der Waals surface area contributed by atoms with Gasteiger partial charge in [0.15, 0.2) is 5.16 Å². The number of H-pyrrole nitrogens is 2. The maximum absolute atomic E-state index is 12.9. The van der Waals surface area contributed by atoms with Crippen LogP contribution in [0.3, 0.4) is 0 Å². The van der Waals surface area contributed by atoms with Crippen LogP contribution in [0.25, 0.3) is 16.7 Å². The number of carbonyl (C=O) groups is 1. The van der Waals surface area contributed by atoms with Crippen LogP contribution in [0.1, 0.15) is 17.6 Å². The first-order valence-electron chi connectivity index (χ1n) is 10.3. The molecule has 1 unspecified atom stereocenters. The highest BCUT2D eigenvalue weighted by atomic mass is 32.2. The molecule has 2 aromatic carbocycles. The molecule has 3 heterocycles. The molecule has 5 aromatic rings. The van der Waals surface area contributed by atoms with Gasteiger partial charge in [0.2, 0.25) is 5.91 Å². The molecule has 3 aromatic heterocycles. The quantitative estimate of drug-likeness (QED) is 0.305. The zero-order chi connectivity index (χ0) is 22.8. The minimum atomic E-state index is -0.424. The van der Waals surface area contributed by atoms with Gasteiger partial charge in [-0.2, -0.15) is 0 Å². The van der Waals surface area contributed by atoms with E-state index < -0.39 is 5.25 Å². The standard InChI is InChI=1S/C23H20N6O2S2/c1-14(21(30)24-15-9-10-18-19(12-15)26-22(31)25-18)33-23-28-27-20(13-17-8-5-11-32-17)29(23)16-6-3-2-4-7-16/h2-12,14H,13H2,1H3,(H,24,30)(H2,25,26,31). The van der Waals surface area contributed by atoms with Gasteiger partial charge < -0.3 is 15.3 Å². The van der Waals surface area contributed by atoms with E-state index in [1.54, 1.807) is 29.5 Å². The number of fused-ring (bicyclic) bond motifs is 1. The number of nitrogens with zero attached hydrogens (tertiary/aromatic N) is 3. The van der Waals surface area contributed by atoms with Gasteiger partial charge >= 0.3 is 5.69 Å². The number of carbonyl (C=O) groups excluding carboxylic acids is 1. The minimum Gasteiger partial charge on any atom is -0.325 e. The fourth-order valence-corrected chi connectivity index (χ4v) is 5.05. The van der Waals surface area contributed by atoms with Gasteiger partial charge in [-0.25, -0.2) is 4.79 Å². The molecule has 10 heteroatoms. The molecule has 0 fully saturated rings. The Labute approximate surface area is 197 Å². The minimum absolute atomic E-state index is 0.167. The third kappa shape index (κ3) is 4.62. The largest absolute Gasteiger partial charge is 0.325 e. The molecule has 5 rings (SSSR count). The van der Waals surface area contributed by atoms with Crippen LogP contribution in [0, 0.1) is 0 Å². The molecule has 0 saturated carbocycles. The number of benzene rings is 2. The molecule has 0 radical (unpaired) electrons. The molecule has 0 saturated heterocycles. The highest BCUT2D eigenvalue weighted by Crippen LogP contribution is 2.28. The van der Waals surface area contributed by atoms with E-state index in [0.29, 0.717) is 28.3 Å². The Kier molecular flexibility index (Phi) is 5.84. The zero-order valence-electron chi connectivity index (χ0n) is 17.6. The normalized spacial score (nSPS) is 12.2. The third-order valence-electron chi connectivity index (χ3n) is 5.06. The topological polar surface area (TPSA) is 108 Å². The molecule has 33 heavy (non-hydrogen) atoms. The molecule has 1 amide bonds. The molecule has 0 aliphatic heterocycles. The third-order valence-corrected chi connectivity index (χ3v) is 6.98. The Bertz CT molecular complexity index is 1450. The van der Waals surface area contributed by atoms with Gasteiger partial charge in [-0.15, -0.1) is 21.5 Å². The van der Waals surface area contributed by atoms with E-state index in [0.717, 1.165) is 11.5 Å². The van der Waals surface area contributed by atoms with Crippen molar-refractivity contribution in [1.82, 2.24) is 24.7 Å². The van der Waals surface area contributed by atoms with Crippen LogP contribution in [0.2, 0.25) is 0 Å². The monoisotopic (exact) mass is 476 g/mol. The molecular formula is C23H20N6O2S2. The number of amides is 1. The van der Waals surface area contributed by atoms with Gasteiger partial charge in [-0.3, -0.25) is 9.36 Å². The molecule has 0 aliphatic carbocycles. The van der Waals surface area contributed by atoms with E-state index in [9.17, 15) is 9.59 Å². The molecule has 166 valence electrons. The first kappa shape index (κ1) is 21.2. The summed E-state index contributed by atoms with van der Waals surface area (Å²) < 4.78 is 2.00. The van der Waals surface area contributed by atoms with Crippen molar-refractivity contribution in [3.05, 3.63) is 87.2 Å². The lowest BCUT2D eigenvalue weighted by atomic mass is 10.2. The summed E-state index contributed by atoms with van der Waals surface area (Å²) in [7, 11) is 0. The predicted molar refractivity (Wildman–Crippen MR) is 131 cm³/mol. The van der Waals surface area contributed by atoms with Crippen molar-refractivity contribution in [2.75, 3.05) is 5.32 Å². The maximum atomic E-state index is 12.9. The highest BCUT2D eigenvalue weighted by molar-refractivity contribution is 8.00. The highest BCUT2D eigenvalue weighted by Gasteiger charge is 2.21. The van der Waals surface area contributed by atoms with Crippen LogP contribution < -0.4 is 11.0 Å². The van der Waals surface area contributed by atoms with E-state index in [2.05, 4.69) is 31.5 Å². The van der Waals surface area contributed by atoms with Crippen molar-refractivity contribution in [2.45, 2.75) is 23.8 Å². The van der Waals surface area contributed by atoms with Crippen LogP contribution in [-0.4, -0.2) is 35.9 Å². The van der Waals surface area contributed by atoms with E-state index in [-0.39, 0.29) is 11.6 Å². The first-order chi connectivity index (χ1) is 16.1. The van der Waals surface area contributed by atoms with Crippen molar-refractivity contribution in [1.29, 1.82) is 0 Å². The Hall–Kier alpha value is -3.63. The number of hydrogen-bond acceptors (Lipinski definition) is 6. The van der Waals surface area contributed by atoms with Crippen LogP contribution in [0.5, 0.6) is 0 Å². The molecule has 0 bridgehead atoms. The molecular weight excluding hydrogens is 456 g/mol. The van der Waals surface area contributed by atoms with Crippen molar-refractivity contribution >= 4 is 45.7 Å². The maximum Gasteiger partial charge on any atom is 0.323 e. The van der Waals surface area contributed by atoms with E-state index in [1.165, 1.54) is 16.6 Å². The van der Waals surface area contributed by atoms with E-state index in [4.69, 9.17) is 0 Å². The van der Waals surface area contributed by atoms with Gasteiger partial charge in [0, 0.05) is 22.7 Å². The van der Waals surface area contributed by atoms with Gasteiger partial charge in [-0.05, 0) is 48.7 Å². The van der Waals surface area contributed by atoms with Crippen molar-refractivity contribution < 1.29 is 4.79 Å². The first-order valence-corrected chi connectivity index (χ1v) is 12.0. The SMILES string of the molecule is CC(Sc1nnc(Cc2cccs2)n1-c1ccccc1)C(=O)Nc1ccc2[nH]c(=O)[nH]c2c1. The molecule has 8 nitrogen and oxygen atoms in total. The lowest BCUT2D eigenvalue weighted by Gasteiger charge is -2.14. The number of aromatic amines is 2. The summed E-state index contributed by atoms with van der Waals surface area (Å²) in [5, 5.41) is 14.0. The number of rotatable bonds is 7. The number of hydrogen-bond donors (Lipinski definition) is 3. The second-order valence-corrected chi connectivity index (χ2v) is 9.75. The number of thioether (sulfide) groups is 1. The summed E-state index contributed by atoms with van der Waals surface area (Å²) in [5.41, 5.74) is 2.61. The van der Waals surface area contributed by atoms with Crippen LogP contribution >= 0.6 is 23.1 Å². The second-order valence-electron chi connectivity index (χ2n) is 7.41. The number of para-hydroxylation sites is 1. The van der Waals surface area contributed by atoms with E-state index >= 15 is 0 Å². The fourth-order valence-electron chi connectivity index (χ4n) is 3.46. The molecule has 0 aliphatic rings. The van der Waals surface area contributed by atoms with E-state index in [1.807, 2.05) is 53.3 Å². The number of aromatic nitrogens is 5. The van der Waals surface area contributed by atoms with Crippen molar-refractivity contribution in [3.8, 4) is 5.69 Å². The smallest absolute Gasteiger partial charge is 0.323 e. The summed E-state index contributed by atoms with van der Waals surface area (Å²) in [6.07, 6.45) is 0.662.